The lowest BCUT2D eigenvalue weighted by Crippen LogP contribution is -1.87. The molecule has 17 heavy (non-hydrogen) atoms. The Bertz CT molecular complexity index is 545. The second kappa shape index (κ2) is 5.21. The first kappa shape index (κ1) is 11.3. The van der Waals surface area contributed by atoms with Crippen LogP contribution in [0.15, 0.2) is 28.8 Å². The highest BCUT2D eigenvalue weighted by molar-refractivity contribution is 5.54. The quantitative estimate of drug-likeness (QED) is 0.759. The molecule has 4 nitrogen and oxygen atoms in total. The monoisotopic (exact) mass is 231 g/mol. The zero-order valence-electron chi connectivity index (χ0n) is 9.06. The number of unbranched alkanes of at least 4 members (excludes halogenated alkanes) is 1. The van der Waals surface area contributed by atoms with Crippen molar-refractivity contribution in [2.24, 2.45) is 0 Å². The molecule has 0 saturated heterocycles. The highest BCUT2D eigenvalue weighted by Crippen LogP contribution is 2.19. The van der Waals surface area contributed by atoms with E-state index in [-0.39, 0.29) is 11.6 Å². The molecule has 0 unspecified atom stereocenters. The predicted octanol–water partition coefficient (Wildman–Crippen LogP) is 2.72. The standard InChI is InChI=1S/C12H10FN3O/c13-10-6-2-1-5-9(10)12-15-11(17-16-12)7-3-4-8-14/h1-2,5-6H,3-4,7H2. The molecule has 1 aromatic heterocycles. The molecule has 0 bridgehead atoms. The van der Waals surface area contributed by atoms with Crippen molar-refractivity contribution in [3.8, 4) is 17.5 Å². The van der Waals surface area contributed by atoms with Crippen LogP contribution in [0.25, 0.3) is 11.4 Å². The summed E-state index contributed by atoms with van der Waals surface area (Å²) in [6, 6.07) is 8.30. The number of aromatic nitrogens is 2. The third kappa shape index (κ3) is 2.67. The topological polar surface area (TPSA) is 62.7 Å². The van der Waals surface area contributed by atoms with Crippen LogP contribution in [0, 0.1) is 17.1 Å². The number of rotatable bonds is 4. The number of aryl methyl sites for hydroxylation is 1. The Hall–Kier alpha value is -2.22. The lowest BCUT2D eigenvalue weighted by Gasteiger charge is -1.94. The van der Waals surface area contributed by atoms with E-state index in [1.54, 1.807) is 18.2 Å². The summed E-state index contributed by atoms with van der Waals surface area (Å²) in [4.78, 5) is 4.09. The van der Waals surface area contributed by atoms with Crippen LogP contribution in [0.4, 0.5) is 4.39 Å². The van der Waals surface area contributed by atoms with E-state index in [9.17, 15) is 4.39 Å². The van der Waals surface area contributed by atoms with Crippen molar-refractivity contribution < 1.29 is 8.91 Å². The largest absolute Gasteiger partial charge is 0.339 e. The molecule has 0 fully saturated rings. The minimum atomic E-state index is -0.378. The van der Waals surface area contributed by atoms with Gasteiger partial charge in [-0.05, 0) is 18.6 Å². The fraction of sp³-hybridized carbons (Fsp3) is 0.250. The average Bonchev–Trinajstić information content (AvgIpc) is 2.79. The molecule has 0 saturated carbocycles. The second-order valence-electron chi connectivity index (χ2n) is 3.50. The van der Waals surface area contributed by atoms with Crippen LogP contribution in [0.2, 0.25) is 0 Å². The van der Waals surface area contributed by atoms with Crippen LogP contribution < -0.4 is 0 Å². The predicted molar refractivity (Wildman–Crippen MR) is 58.2 cm³/mol. The number of hydrogen-bond acceptors (Lipinski definition) is 4. The molecule has 5 heteroatoms. The van der Waals surface area contributed by atoms with Gasteiger partial charge < -0.3 is 4.52 Å². The zero-order valence-corrected chi connectivity index (χ0v) is 9.06. The first-order chi connectivity index (χ1) is 8.31. The number of hydrogen-bond donors (Lipinski definition) is 0. The van der Waals surface area contributed by atoms with Gasteiger partial charge in [-0.1, -0.05) is 17.3 Å². The lowest BCUT2D eigenvalue weighted by molar-refractivity contribution is 0.376. The first-order valence-corrected chi connectivity index (χ1v) is 5.25. The maximum absolute atomic E-state index is 13.4. The van der Waals surface area contributed by atoms with Gasteiger partial charge in [-0.25, -0.2) is 4.39 Å². The number of halogens is 1. The van der Waals surface area contributed by atoms with Crippen LogP contribution in [0.3, 0.4) is 0 Å². The summed E-state index contributed by atoms with van der Waals surface area (Å²) >= 11 is 0. The minimum absolute atomic E-state index is 0.245. The van der Waals surface area contributed by atoms with Crippen LogP contribution in [0.5, 0.6) is 0 Å². The summed E-state index contributed by atoms with van der Waals surface area (Å²) in [5, 5.41) is 12.1. The maximum atomic E-state index is 13.4. The summed E-state index contributed by atoms with van der Waals surface area (Å²) in [5.41, 5.74) is 0.322. The van der Waals surface area contributed by atoms with Gasteiger partial charge in [0.2, 0.25) is 11.7 Å². The Morgan fingerprint density at radius 1 is 1.35 bits per heavy atom. The molecular formula is C12H10FN3O. The van der Waals surface area contributed by atoms with E-state index < -0.39 is 0 Å². The average molecular weight is 231 g/mol. The summed E-state index contributed by atoms with van der Waals surface area (Å²) in [6.07, 6.45) is 1.64. The fourth-order valence-corrected chi connectivity index (χ4v) is 1.43. The van der Waals surface area contributed by atoms with Gasteiger partial charge in [-0.3, -0.25) is 0 Å². The zero-order chi connectivity index (χ0) is 12.1. The van der Waals surface area contributed by atoms with Crippen molar-refractivity contribution in [3.05, 3.63) is 36.0 Å². The van der Waals surface area contributed by atoms with E-state index >= 15 is 0 Å². The van der Waals surface area contributed by atoms with Crippen molar-refractivity contribution in [3.63, 3.8) is 0 Å². The van der Waals surface area contributed by atoms with Crippen molar-refractivity contribution in [1.29, 1.82) is 5.26 Å². The first-order valence-electron chi connectivity index (χ1n) is 5.25. The molecule has 86 valence electrons. The van der Waals surface area contributed by atoms with E-state index in [1.165, 1.54) is 6.07 Å². The van der Waals surface area contributed by atoms with Crippen molar-refractivity contribution in [2.75, 3.05) is 0 Å². The lowest BCUT2D eigenvalue weighted by atomic mass is 10.2. The molecule has 0 N–H and O–H groups in total. The van der Waals surface area contributed by atoms with Gasteiger partial charge in [0.25, 0.3) is 0 Å². The molecule has 0 spiro atoms. The van der Waals surface area contributed by atoms with E-state index in [2.05, 4.69) is 10.1 Å². The van der Waals surface area contributed by atoms with E-state index in [0.29, 0.717) is 30.7 Å². The summed E-state index contributed by atoms with van der Waals surface area (Å²) < 4.78 is 18.4. The van der Waals surface area contributed by atoms with Crippen LogP contribution in [-0.2, 0) is 6.42 Å². The van der Waals surface area contributed by atoms with Crippen molar-refractivity contribution in [2.45, 2.75) is 19.3 Å². The van der Waals surface area contributed by atoms with Gasteiger partial charge in [0, 0.05) is 12.8 Å². The van der Waals surface area contributed by atoms with Crippen molar-refractivity contribution >= 4 is 0 Å². The Balaban J connectivity index is 2.14. The van der Waals surface area contributed by atoms with Crippen molar-refractivity contribution in [1.82, 2.24) is 10.1 Å². The minimum Gasteiger partial charge on any atom is -0.339 e. The van der Waals surface area contributed by atoms with Gasteiger partial charge in [0.05, 0.1) is 11.6 Å². The van der Waals surface area contributed by atoms with Crippen LogP contribution in [-0.4, -0.2) is 10.1 Å². The molecule has 1 aromatic carbocycles. The summed E-state index contributed by atoms with van der Waals surface area (Å²) in [6.45, 7) is 0. The molecule has 0 atom stereocenters. The normalized spacial score (nSPS) is 10.1. The number of benzene rings is 1. The molecule has 0 aliphatic rings. The molecule has 1 heterocycles. The Morgan fingerprint density at radius 2 is 2.18 bits per heavy atom. The van der Waals surface area contributed by atoms with Crippen LogP contribution in [0.1, 0.15) is 18.7 Å². The van der Waals surface area contributed by atoms with E-state index in [1.807, 2.05) is 6.07 Å². The molecule has 2 aromatic rings. The molecule has 0 aliphatic heterocycles. The van der Waals surface area contributed by atoms with Gasteiger partial charge in [-0.15, -0.1) is 0 Å². The second-order valence-corrected chi connectivity index (χ2v) is 3.50. The third-order valence-corrected chi connectivity index (χ3v) is 2.26. The Labute approximate surface area is 97.7 Å². The van der Waals surface area contributed by atoms with Gasteiger partial charge in [0.15, 0.2) is 0 Å². The molecule has 0 aliphatic carbocycles. The van der Waals surface area contributed by atoms with Gasteiger partial charge in [-0.2, -0.15) is 10.2 Å². The molecule has 0 radical (unpaired) electrons. The van der Waals surface area contributed by atoms with E-state index in [0.717, 1.165) is 0 Å². The molecule has 2 rings (SSSR count). The Morgan fingerprint density at radius 3 is 2.94 bits per heavy atom. The summed E-state index contributed by atoms with van der Waals surface area (Å²) in [7, 11) is 0. The molecular weight excluding hydrogens is 221 g/mol. The maximum Gasteiger partial charge on any atom is 0.226 e. The SMILES string of the molecule is N#CCCCc1nc(-c2ccccc2F)no1. The van der Waals surface area contributed by atoms with Gasteiger partial charge in [0.1, 0.15) is 5.82 Å². The fourth-order valence-electron chi connectivity index (χ4n) is 1.43. The number of nitrogens with zero attached hydrogens (tertiary/aromatic N) is 3. The number of nitriles is 1. The highest BCUT2D eigenvalue weighted by atomic mass is 19.1. The smallest absolute Gasteiger partial charge is 0.226 e. The molecule has 0 amide bonds. The summed E-state index contributed by atoms with van der Waals surface area (Å²) in [5.74, 6) is 0.297. The van der Waals surface area contributed by atoms with Crippen LogP contribution >= 0.6 is 0 Å². The Kier molecular flexibility index (Phi) is 3.46. The van der Waals surface area contributed by atoms with E-state index in [4.69, 9.17) is 9.78 Å². The third-order valence-electron chi connectivity index (χ3n) is 2.26. The highest BCUT2D eigenvalue weighted by Gasteiger charge is 2.11. The van der Waals surface area contributed by atoms with Gasteiger partial charge >= 0.3 is 0 Å².